The first-order chi connectivity index (χ1) is 13.6. The van der Waals surface area contributed by atoms with Crippen molar-refractivity contribution in [3.8, 4) is 17.2 Å². The van der Waals surface area contributed by atoms with Crippen LogP contribution in [0.2, 0.25) is 0 Å². The number of aromatic nitrogens is 2. The molecule has 3 rings (SSSR count). The van der Waals surface area contributed by atoms with Crippen LogP contribution in [0, 0.1) is 0 Å². The molecule has 0 saturated heterocycles. The van der Waals surface area contributed by atoms with Gasteiger partial charge in [-0.2, -0.15) is 5.10 Å². The van der Waals surface area contributed by atoms with Gasteiger partial charge in [-0.05, 0) is 31.2 Å². The summed E-state index contributed by atoms with van der Waals surface area (Å²) in [6.45, 7) is 2.45. The van der Waals surface area contributed by atoms with Gasteiger partial charge in [0.15, 0.2) is 11.5 Å². The van der Waals surface area contributed by atoms with E-state index >= 15 is 0 Å². The molecule has 1 N–H and O–H groups in total. The summed E-state index contributed by atoms with van der Waals surface area (Å²) in [5.74, 6) is 1.68. The van der Waals surface area contributed by atoms with Crippen LogP contribution in [0.3, 0.4) is 0 Å². The fraction of sp³-hybridized carbons (Fsp3) is 0.250. The summed E-state index contributed by atoms with van der Waals surface area (Å²) in [5.41, 5.74) is 4.72. The van der Waals surface area contributed by atoms with Crippen molar-refractivity contribution in [2.45, 2.75) is 13.5 Å². The fourth-order valence-corrected chi connectivity index (χ4v) is 2.92. The van der Waals surface area contributed by atoms with Gasteiger partial charge in [0, 0.05) is 12.1 Å². The van der Waals surface area contributed by atoms with Crippen molar-refractivity contribution in [3.05, 3.63) is 52.3 Å². The Morgan fingerprint density at radius 2 is 1.79 bits per heavy atom. The minimum absolute atomic E-state index is 0.157. The summed E-state index contributed by atoms with van der Waals surface area (Å²) in [7, 11) is 4.63. The number of anilines is 1. The second-order valence-corrected chi connectivity index (χ2v) is 5.83. The van der Waals surface area contributed by atoms with Crippen molar-refractivity contribution >= 4 is 23.1 Å². The summed E-state index contributed by atoms with van der Waals surface area (Å²) >= 11 is 0. The number of hydrogen-bond acceptors (Lipinski definition) is 7. The zero-order valence-corrected chi connectivity index (χ0v) is 16.2. The molecule has 0 radical (unpaired) electrons. The summed E-state index contributed by atoms with van der Waals surface area (Å²) in [4.78, 5) is 17.0. The Balaban J connectivity index is 1.93. The van der Waals surface area contributed by atoms with Crippen LogP contribution in [-0.2, 0) is 6.54 Å². The average Bonchev–Trinajstić information content (AvgIpc) is 2.73. The molecule has 0 saturated carbocycles. The second-order valence-electron chi connectivity index (χ2n) is 5.83. The van der Waals surface area contributed by atoms with Crippen LogP contribution >= 0.6 is 0 Å². The molecule has 0 unspecified atom stereocenters. The number of fused-ring (bicyclic) bond motifs is 1. The third-order valence-electron chi connectivity index (χ3n) is 4.24. The fourth-order valence-electron chi connectivity index (χ4n) is 2.92. The van der Waals surface area contributed by atoms with Crippen LogP contribution in [0.1, 0.15) is 12.5 Å². The Labute approximate surface area is 162 Å². The van der Waals surface area contributed by atoms with E-state index in [1.807, 2.05) is 31.2 Å². The standard InChI is InChI=1S/C20H22N4O4/c1-5-24-15-9-7-6-8-14(15)22-19(20(24)25)23-21-12-13-10-16(26-2)18(28-4)17(11-13)27-3/h6-12H,5H2,1-4H3,(H,22,23)/b21-12+. The van der Waals surface area contributed by atoms with E-state index in [1.54, 1.807) is 44.2 Å². The van der Waals surface area contributed by atoms with Crippen LogP contribution in [0.5, 0.6) is 17.2 Å². The van der Waals surface area contributed by atoms with Gasteiger partial charge in [0.1, 0.15) is 0 Å². The molecule has 0 aliphatic carbocycles. The third kappa shape index (κ3) is 3.62. The maximum atomic E-state index is 12.6. The topological polar surface area (TPSA) is 87.0 Å². The van der Waals surface area contributed by atoms with E-state index in [0.717, 1.165) is 11.0 Å². The first kappa shape index (κ1) is 19.2. The van der Waals surface area contributed by atoms with Crippen molar-refractivity contribution in [1.29, 1.82) is 0 Å². The molecule has 0 bridgehead atoms. The van der Waals surface area contributed by atoms with Crippen LogP contribution in [0.4, 0.5) is 5.82 Å². The SMILES string of the molecule is CCn1c(=O)c(N/N=C/c2cc(OC)c(OC)c(OC)c2)nc2ccccc21. The number of aryl methyl sites for hydroxylation is 1. The first-order valence-electron chi connectivity index (χ1n) is 8.71. The summed E-state index contributed by atoms with van der Waals surface area (Å²) in [6.07, 6.45) is 1.55. The number of para-hydroxylation sites is 2. The minimum Gasteiger partial charge on any atom is -0.493 e. The highest BCUT2D eigenvalue weighted by atomic mass is 16.5. The number of ether oxygens (including phenoxy) is 3. The van der Waals surface area contributed by atoms with E-state index in [9.17, 15) is 4.79 Å². The van der Waals surface area contributed by atoms with Gasteiger partial charge in [-0.15, -0.1) is 0 Å². The first-order valence-corrected chi connectivity index (χ1v) is 8.71. The van der Waals surface area contributed by atoms with E-state index in [-0.39, 0.29) is 11.4 Å². The molecule has 3 aromatic rings. The average molecular weight is 382 g/mol. The van der Waals surface area contributed by atoms with E-state index in [0.29, 0.717) is 29.4 Å². The van der Waals surface area contributed by atoms with Crippen molar-refractivity contribution in [2.24, 2.45) is 5.10 Å². The molecule has 0 fully saturated rings. The summed E-state index contributed by atoms with van der Waals surface area (Å²) in [5, 5.41) is 4.16. The Bertz CT molecular complexity index is 1050. The normalized spacial score (nSPS) is 11.0. The van der Waals surface area contributed by atoms with Gasteiger partial charge in [-0.3, -0.25) is 10.2 Å². The van der Waals surface area contributed by atoms with Gasteiger partial charge >= 0.3 is 0 Å². The quantitative estimate of drug-likeness (QED) is 0.499. The Hall–Kier alpha value is -3.55. The molecular formula is C20H22N4O4. The molecule has 0 atom stereocenters. The molecule has 0 aliphatic rings. The smallest absolute Gasteiger partial charge is 0.295 e. The molecule has 0 spiro atoms. The second kappa shape index (κ2) is 8.43. The molecule has 2 aromatic carbocycles. The Morgan fingerprint density at radius 3 is 2.39 bits per heavy atom. The number of hydrazone groups is 1. The zero-order valence-electron chi connectivity index (χ0n) is 16.2. The highest BCUT2D eigenvalue weighted by Crippen LogP contribution is 2.37. The molecule has 0 aliphatic heterocycles. The van der Waals surface area contributed by atoms with Gasteiger partial charge in [0.25, 0.3) is 5.56 Å². The van der Waals surface area contributed by atoms with Crippen LogP contribution in [-0.4, -0.2) is 37.1 Å². The molecular weight excluding hydrogens is 360 g/mol. The lowest BCUT2D eigenvalue weighted by atomic mass is 10.2. The van der Waals surface area contributed by atoms with E-state index in [4.69, 9.17) is 14.2 Å². The van der Waals surface area contributed by atoms with Gasteiger partial charge in [-0.25, -0.2) is 4.98 Å². The maximum absolute atomic E-state index is 12.6. The van der Waals surface area contributed by atoms with Crippen molar-refractivity contribution in [2.75, 3.05) is 26.8 Å². The molecule has 8 heteroatoms. The Morgan fingerprint density at radius 1 is 1.11 bits per heavy atom. The number of rotatable bonds is 7. The predicted octanol–water partition coefficient (Wildman–Crippen LogP) is 2.89. The molecule has 1 heterocycles. The van der Waals surface area contributed by atoms with Crippen molar-refractivity contribution in [3.63, 3.8) is 0 Å². The van der Waals surface area contributed by atoms with Crippen LogP contribution < -0.4 is 25.2 Å². The molecule has 0 amide bonds. The maximum Gasteiger partial charge on any atom is 0.295 e. The molecule has 1 aromatic heterocycles. The lowest BCUT2D eigenvalue weighted by molar-refractivity contribution is 0.324. The van der Waals surface area contributed by atoms with Gasteiger partial charge in [0.2, 0.25) is 11.6 Å². The van der Waals surface area contributed by atoms with Gasteiger partial charge < -0.3 is 18.8 Å². The number of nitrogens with one attached hydrogen (secondary N) is 1. The van der Waals surface area contributed by atoms with E-state index in [2.05, 4.69) is 15.5 Å². The van der Waals surface area contributed by atoms with Crippen molar-refractivity contribution < 1.29 is 14.2 Å². The molecule has 146 valence electrons. The minimum atomic E-state index is -0.233. The number of methoxy groups -OCH3 is 3. The van der Waals surface area contributed by atoms with E-state index in [1.165, 1.54) is 0 Å². The largest absolute Gasteiger partial charge is 0.493 e. The highest BCUT2D eigenvalue weighted by Gasteiger charge is 2.13. The third-order valence-corrected chi connectivity index (χ3v) is 4.24. The number of nitrogens with zero attached hydrogens (tertiary/aromatic N) is 3. The number of hydrogen-bond donors (Lipinski definition) is 1. The molecule has 28 heavy (non-hydrogen) atoms. The monoisotopic (exact) mass is 382 g/mol. The zero-order chi connectivity index (χ0) is 20.1. The highest BCUT2D eigenvalue weighted by molar-refractivity contribution is 5.83. The summed E-state index contributed by atoms with van der Waals surface area (Å²) < 4.78 is 17.6. The Kier molecular flexibility index (Phi) is 5.78. The number of benzene rings is 2. The molecule has 8 nitrogen and oxygen atoms in total. The van der Waals surface area contributed by atoms with Gasteiger partial charge in [-0.1, -0.05) is 12.1 Å². The lowest BCUT2D eigenvalue weighted by Gasteiger charge is -2.12. The lowest BCUT2D eigenvalue weighted by Crippen LogP contribution is -2.23. The summed E-state index contributed by atoms with van der Waals surface area (Å²) in [6, 6.07) is 11.0. The van der Waals surface area contributed by atoms with Gasteiger partial charge in [0.05, 0.1) is 38.6 Å². The van der Waals surface area contributed by atoms with Crippen LogP contribution in [0.25, 0.3) is 11.0 Å². The van der Waals surface area contributed by atoms with Crippen molar-refractivity contribution in [1.82, 2.24) is 9.55 Å². The van der Waals surface area contributed by atoms with E-state index < -0.39 is 0 Å². The van der Waals surface area contributed by atoms with Crippen LogP contribution in [0.15, 0.2) is 46.3 Å². The predicted molar refractivity (Wildman–Crippen MR) is 109 cm³/mol.